The number of carboxylic acids is 1. The van der Waals surface area contributed by atoms with Crippen molar-refractivity contribution in [2.24, 2.45) is 5.41 Å². The van der Waals surface area contributed by atoms with Crippen LogP contribution >= 0.6 is 11.3 Å². The summed E-state index contributed by atoms with van der Waals surface area (Å²) in [5.41, 5.74) is 3.14. The molecule has 1 atom stereocenters. The number of ether oxygens (including phenoxy) is 1. The zero-order valence-electron chi connectivity index (χ0n) is 16.1. The van der Waals surface area contributed by atoms with Crippen LogP contribution in [0.25, 0.3) is 0 Å². The molecule has 1 unspecified atom stereocenters. The Balaban J connectivity index is 0.000000318. The highest BCUT2D eigenvalue weighted by atomic mass is 32.1. The first-order valence-corrected chi connectivity index (χ1v) is 10.2. The second-order valence-electron chi connectivity index (χ2n) is 7.23. The van der Waals surface area contributed by atoms with Crippen LogP contribution in [-0.4, -0.2) is 71.8 Å². The SMILES string of the molecule is O=C(O)C(F)(F)F.c1cncc(N2CCOCC3(CCCN(c4nncs4)C3)C2)c1. The third-order valence-electron chi connectivity index (χ3n) is 4.97. The average Bonchev–Trinajstić information content (AvgIpc) is 3.19. The van der Waals surface area contributed by atoms with Gasteiger partial charge >= 0.3 is 12.1 Å². The zero-order valence-corrected chi connectivity index (χ0v) is 16.9. The van der Waals surface area contributed by atoms with E-state index in [1.165, 1.54) is 18.5 Å². The summed E-state index contributed by atoms with van der Waals surface area (Å²) in [4.78, 5) is 18.0. The lowest BCUT2D eigenvalue weighted by Gasteiger charge is -2.43. The van der Waals surface area contributed by atoms with Gasteiger partial charge in [-0.1, -0.05) is 11.3 Å². The molecule has 4 heterocycles. The van der Waals surface area contributed by atoms with Gasteiger partial charge in [0.05, 0.1) is 25.1 Å². The van der Waals surface area contributed by atoms with Gasteiger partial charge in [-0.15, -0.1) is 10.2 Å². The van der Waals surface area contributed by atoms with E-state index in [9.17, 15) is 13.2 Å². The third-order valence-corrected chi connectivity index (χ3v) is 5.72. The van der Waals surface area contributed by atoms with Crippen molar-refractivity contribution in [1.82, 2.24) is 15.2 Å². The number of rotatable bonds is 2. The number of hydrogen-bond acceptors (Lipinski definition) is 8. The molecule has 0 amide bonds. The number of pyridine rings is 1. The van der Waals surface area contributed by atoms with Crippen LogP contribution < -0.4 is 9.80 Å². The summed E-state index contributed by atoms with van der Waals surface area (Å²) in [6.45, 7) is 5.57. The number of alkyl halides is 3. The maximum atomic E-state index is 10.6. The smallest absolute Gasteiger partial charge is 0.475 e. The lowest BCUT2D eigenvalue weighted by Crippen LogP contribution is -2.50. The molecular formula is C18H22F3N5O3S. The van der Waals surface area contributed by atoms with E-state index in [4.69, 9.17) is 14.6 Å². The number of aliphatic carboxylic acids is 1. The minimum Gasteiger partial charge on any atom is -0.475 e. The van der Waals surface area contributed by atoms with E-state index in [2.05, 4.69) is 31.0 Å². The fraction of sp³-hybridized carbons (Fsp3) is 0.556. The first kappa shape index (κ1) is 22.2. The number of carboxylic acid groups (broad SMARTS) is 1. The molecule has 2 aromatic heterocycles. The van der Waals surface area contributed by atoms with E-state index in [1.54, 1.807) is 11.3 Å². The summed E-state index contributed by atoms with van der Waals surface area (Å²) >= 11 is 1.62. The standard InChI is InChI=1S/C16H21N5OS.C2HF3O2/c1-3-14(9-17-5-1)20-7-8-22-12-16(10-20)4-2-6-21(11-16)15-19-18-13-23-15;3-2(4,5)1(6)7/h1,3,5,9,13H,2,4,6-8,10-12H2;(H,6,7). The van der Waals surface area contributed by atoms with E-state index in [0.717, 1.165) is 44.5 Å². The van der Waals surface area contributed by atoms with E-state index < -0.39 is 12.1 Å². The molecule has 4 rings (SSSR count). The van der Waals surface area contributed by atoms with Gasteiger partial charge in [-0.2, -0.15) is 13.2 Å². The van der Waals surface area contributed by atoms with Gasteiger partial charge < -0.3 is 19.6 Å². The monoisotopic (exact) mass is 445 g/mol. The highest BCUT2D eigenvalue weighted by Crippen LogP contribution is 2.36. The lowest BCUT2D eigenvalue weighted by atomic mass is 9.80. The van der Waals surface area contributed by atoms with Gasteiger partial charge in [0.25, 0.3) is 0 Å². The number of aromatic nitrogens is 3. The molecule has 1 spiro atoms. The Morgan fingerprint density at radius 2 is 2.03 bits per heavy atom. The molecular weight excluding hydrogens is 423 g/mol. The molecule has 0 saturated carbocycles. The third kappa shape index (κ3) is 5.79. The number of anilines is 2. The minimum atomic E-state index is -5.08. The van der Waals surface area contributed by atoms with Crippen molar-refractivity contribution in [3.8, 4) is 0 Å². The fourth-order valence-corrected chi connectivity index (χ4v) is 4.27. The number of hydrogen-bond donors (Lipinski definition) is 1. The lowest BCUT2D eigenvalue weighted by molar-refractivity contribution is -0.192. The van der Waals surface area contributed by atoms with Crippen molar-refractivity contribution < 1.29 is 27.8 Å². The van der Waals surface area contributed by atoms with E-state index in [1.807, 2.05) is 24.0 Å². The summed E-state index contributed by atoms with van der Waals surface area (Å²) in [7, 11) is 0. The van der Waals surface area contributed by atoms with Crippen molar-refractivity contribution in [1.29, 1.82) is 0 Å². The quantitative estimate of drug-likeness (QED) is 0.755. The summed E-state index contributed by atoms with van der Waals surface area (Å²) < 4.78 is 37.7. The van der Waals surface area contributed by atoms with Crippen LogP contribution in [0, 0.1) is 5.41 Å². The van der Waals surface area contributed by atoms with Crippen molar-refractivity contribution in [3.05, 3.63) is 30.0 Å². The Morgan fingerprint density at radius 3 is 2.67 bits per heavy atom. The number of piperidine rings is 1. The molecule has 1 N–H and O–H groups in total. The van der Waals surface area contributed by atoms with Crippen molar-refractivity contribution >= 4 is 28.1 Å². The molecule has 0 aromatic carbocycles. The summed E-state index contributed by atoms with van der Waals surface area (Å²) in [5.74, 6) is -2.76. The summed E-state index contributed by atoms with van der Waals surface area (Å²) in [6, 6.07) is 4.14. The van der Waals surface area contributed by atoms with E-state index in [-0.39, 0.29) is 5.41 Å². The van der Waals surface area contributed by atoms with Gasteiger partial charge in [-0.3, -0.25) is 4.98 Å². The normalized spacial score (nSPS) is 22.2. The molecule has 2 aliphatic rings. The Bertz CT molecular complexity index is 809. The summed E-state index contributed by atoms with van der Waals surface area (Å²) in [6.07, 6.45) is 1.05. The van der Waals surface area contributed by atoms with Crippen molar-refractivity contribution in [2.45, 2.75) is 19.0 Å². The highest BCUT2D eigenvalue weighted by Gasteiger charge is 2.40. The van der Waals surface area contributed by atoms with Gasteiger partial charge in [0.2, 0.25) is 5.13 Å². The zero-order chi connectivity index (χ0) is 21.6. The first-order valence-electron chi connectivity index (χ1n) is 9.33. The number of halogens is 3. The van der Waals surface area contributed by atoms with Gasteiger partial charge in [-0.05, 0) is 25.0 Å². The molecule has 0 bridgehead atoms. The molecule has 8 nitrogen and oxygen atoms in total. The van der Waals surface area contributed by atoms with Crippen molar-refractivity contribution in [2.75, 3.05) is 49.2 Å². The van der Waals surface area contributed by atoms with E-state index >= 15 is 0 Å². The maximum Gasteiger partial charge on any atom is 0.490 e. The molecule has 2 saturated heterocycles. The van der Waals surface area contributed by atoms with Crippen LogP contribution in [0.15, 0.2) is 30.0 Å². The molecule has 2 fully saturated rings. The van der Waals surface area contributed by atoms with Crippen LogP contribution in [0.5, 0.6) is 0 Å². The van der Waals surface area contributed by atoms with Crippen LogP contribution in [0.2, 0.25) is 0 Å². The first-order chi connectivity index (χ1) is 14.3. The van der Waals surface area contributed by atoms with Gasteiger partial charge in [0, 0.05) is 37.8 Å². The molecule has 0 aliphatic carbocycles. The molecule has 2 aromatic rings. The van der Waals surface area contributed by atoms with E-state index in [0.29, 0.717) is 0 Å². The molecule has 0 radical (unpaired) electrons. The highest BCUT2D eigenvalue weighted by molar-refractivity contribution is 7.13. The Hall–Kier alpha value is -2.47. The van der Waals surface area contributed by atoms with Crippen LogP contribution in [-0.2, 0) is 9.53 Å². The predicted molar refractivity (Wildman–Crippen MR) is 105 cm³/mol. The Morgan fingerprint density at radius 1 is 1.27 bits per heavy atom. The van der Waals surface area contributed by atoms with Crippen LogP contribution in [0.3, 0.4) is 0 Å². The molecule has 12 heteroatoms. The largest absolute Gasteiger partial charge is 0.490 e. The second kappa shape index (κ2) is 9.56. The maximum absolute atomic E-state index is 10.6. The summed E-state index contributed by atoms with van der Waals surface area (Å²) in [5, 5.41) is 16.4. The van der Waals surface area contributed by atoms with Gasteiger partial charge in [-0.25, -0.2) is 4.79 Å². The average molecular weight is 445 g/mol. The Labute approximate surface area is 175 Å². The second-order valence-corrected chi connectivity index (χ2v) is 8.05. The predicted octanol–water partition coefficient (Wildman–Crippen LogP) is 2.69. The van der Waals surface area contributed by atoms with Crippen LogP contribution in [0.1, 0.15) is 12.8 Å². The number of carbonyl (C=O) groups is 1. The Kier molecular flexibility index (Phi) is 7.08. The molecule has 164 valence electrons. The molecule has 2 aliphatic heterocycles. The van der Waals surface area contributed by atoms with Gasteiger partial charge in [0.1, 0.15) is 5.51 Å². The van der Waals surface area contributed by atoms with Crippen molar-refractivity contribution in [3.63, 3.8) is 0 Å². The van der Waals surface area contributed by atoms with Gasteiger partial charge in [0.15, 0.2) is 0 Å². The molecule has 30 heavy (non-hydrogen) atoms. The minimum absolute atomic E-state index is 0.149. The fourth-order valence-electron chi connectivity index (χ4n) is 3.68. The number of nitrogens with zero attached hydrogens (tertiary/aromatic N) is 5. The van der Waals surface area contributed by atoms with Crippen LogP contribution in [0.4, 0.5) is 24.0 Å². The topological polar surface area (TPSA) is 91.7 Å².